The van der Waals surface area contributed by atoms with Gasteiger partial charge in [-0.1, -0.05) is 74.0 Å². The van der Waals surface area contributed by atoms with Gasteiger partial charge in [-0.3, -0.25) is 0 Å². The second-order valence-corrected chi connectivity index (χ2v) is 7.10. The monoisotopic (exact) mass is 336 g/mol. The number of rotatable bonds is 8. The van der Waals surface area contributed by atoms with E-state index in [0.717, 1.165) is 19.4 Å². The van der Waals surface area contributed by atoms with Crippen LogP contribution in [0.2, 0.25) is 0 Å². The van der Waals surface area contributed by atoms with Crippen LogP contribution in [0.25, 0.3) is 0 Å². The van der Waals surface area contributed by atoms with E-state index in [9.17, 15) is 0 Å². The van der Waals surface area contributed by atoms with Gasteiger partial charge in [0.25, 0.3) is 0 Å². The fraction of sp³-hybridized carbons (Fsp3) is 0.478. The van der Waals surface area contributed by atoms with Gasteiger partial charge in [-0.15, -0.1) is 0 Å². The fourth-order valence-corrected chi connectivity index (χ4v) is 4.01. The Morgan fingerprint density at radius 1 is 0.880 bits per heavy atom. The van der Waals surface area contributed by atoms with Crippen LogP contribution in [0.3, 0.4) is 0 Å². The van der Waals surface area contributed by atoms with E-state index < -0.39 is 0 Å². The molecular weight excluding hydrogens is 304 g/mol. The van der Waals surface area contributed by atoms with Gasteiger partial charge in [0, 0.05) is 25.7 Å². The standard InChI is InChI=1S/C23H32N2/c1-2-23(22-16-8-4-9-17-22)25(24-18-10-5-11-19-24)20-12-15-21-13-6-3-7-14-21/h3-4,6-9,13-14,16-17,23H,2,5,10-12,15,18-20H2,1H3. The van der Waals surface area contributed by atoms with Crippen LogP contribution in [0.4, 0.5) is 0 Å². The summed E-state index contributed by atoms with van der Waals surface area (Å²) in [6.45, 7) is 5.90. The molecule has 134 valence electrons. The topological polar surface area (TPSA) is 6.48 Å². The Kier molecular flexibility index (Phi) is 7.08. The Bertz CT molecular complexity index is 590. The molecule has 1 aliphatic rings. The first kappa shape index (κ1) is 18.2. The maximum Gasteiger partial charge on any atom is 0.0492 e. The van der Waals surface area contributed by atoms with Crippen LogP contribution in [0.15, 0.2) is 60.7 Å². The molecular formula is C23H32N2. The van der Waals surface area contributed by atoms with Gasteiger partial charge in [-0.05, 0) is 43.2 Å². The third-order valence-corrected chi connectivity index (χ3v) is 5.32. The highest BCUT2D eigenvalue weighted by Gasteiger charge is 2.25. The molecule has 0 bridgehead atoms. The number of hydrogen-bond donors (Lipinski definition) is 0. The van der Waals surface area contributed by atoms with Crippen LogP contribution in [0, 0.1) is 0 Å². The average molecular weight is 337 g/mol. The van der Waals surface area contributed by atoms with Crippen molar-refractivity contribution in [3.63, 3.8) is 0 Å². The van der Waals surface area contributed by atoms with Crippen molar-refractivity contribution >= 4 is 0 Å². The van der Waals surface area contributed by atoms with E-state index in [0.29, 0.717) is 6.04 Å². The molecule has 0 radical (unpaired) electrons. The van der Waals surface area contributed by atoms with E-state index in [4.69, 9.17) is 0 Å². The minimum Gasteiger partial charge on any atom is -0.241 e. The summed E-state index contributed by atoms with van der Waals surface area (Å²) in [7, 11) is 0. The molecule has 2 aromatic carbocycles. The zero-order chi connectivity index (χ0) is 17.3. The summed E-state index contributed by atoms with van der Waals surface area (Å²) in [6.07, 6.45) is 7.59. The van der Waals surface area contributed by atoms with Crippen molar-refractivity contribution in [2.24, 2.45) is 0 Å². The number of nitrogens with zero attached hydrogens (tertiary/aromatic N) is 2. The molecule has 1 unspecified atom stereocenters. The molecule has 25 heavy (non-hydrogen) atoms. The van der Waals surface area contributed by atoms with Gasteiger partial charge in [-0.25, -0.2) is 10.0 Å². The lowest BCUT2D eigenvalue weighted by atomic mass is 10.0. The number of benzene rings is 2. The first-order valence-corrected chi connectivity index (χ1v) is 9.99. The van der Waals surface area contributed by atoms with E-state index >= 15 is 0 Å². The Morgan fingerprint density at radius 2 is 1.52 bits per heavy atom. The summed E-state index contributed by atoms with van der Waals surface area (Å²) in [5.74, 6) is 0. The first-order valence-electron chi connectivity index (χ1n) is 9.99. The summed E-state index contributed by atoms with van der Waals surface area (Å²) < 4.78 is 0. The maximum absolute atomic E-state index is 2.68. The molecule has 1 aliphatic heterocycles. The van der Waals surface area contributed by atoms with E-state index in [1.807, 2.05) is 0 Å². The van der Waals surface area contributed by atoms with Crippen molar-refractivity contribution in [2.75, 3.05) is 19.6 Å². The molecule has 1 atom stereocenters. The summed E-state index contributed by atoms with van der Waals surface area (Å²) >= 11 is 0. The molecule has 0 aromatic heterocycles. The second-order valence-electron chi connectivity index (χ2n) is 7.10. The number of hydrogen-bond acceptors (Lipinski definition) is 2. The van der Waals surface area contributed by atoms with E-state index in [1.54, 1.807) is 0 Å². The molecule has 3 rings (SSSR count). The zero-order valence-electron chi connectivity index (χ0n) is 15.6. The van der Waals surface area contributed by atoms with Gasteiger partial charge in [-0.2, -0.15) is 0 Å². The molecule has 0 saturated carbocycles. The molecule has 1 saturated heterocycles. The molecule has 2 nitrogen and oxygen atoms in total. The predicted octanol–water partition coefficient (Wildman–Crippen LogP) is 5.47. The SMILES string of the molecule is CCC(c1ccccc1)N(CCCc1ccccc1)N1CCCCC1. The largest absolute Gasteiger partial charge is 0.241 e. The lowest BCUT2D eigenvalue weighted by molar-refractivity contribution is -0.0762. The van der Waals surface area contributed by atoms with Gasteiger partial charge in [0.1, 0.15) is 0 Å². The van der Waals surface area contributed by atoms with Crippen molar-refractivity contribution in [3.8, 4) is 0 Å². The number of piperidine rings is 1. The Morgan fingerprint density at radius 3 is 2.16 bits per heavy atom. The van der Waals surface area contributed by atoms with Crippen LogP contribution in [0.1, 0.15) is 56.2 Å². The summed E-state index contributed by atoms with van der Waals surface area (Å²) in [4.78, 5) is 0. The molecule has 0 spiro atoms. The Hall–Kier alpha value is -1.64. The molecule has 1 heterocycles. The first-order chi connectivity index (χ1) is 12.4. The highest BCUT2D eigenvalue weighted by molar-refractivity contribution is 5.19. The summed E-state index contributed by atoms with van der Waals surface area (Å²) in [5, 5.41) is 5.31. The predicted molar refractivity (Wildman–Crippen MR) is 106 cm³/mol. The minimum atomic E-state index is 0.495. The summed E-state index contributed by atoms with van der Waals surface area (Å²) in [5.41, 5.74) is 2.91. The van der Waals surface area contributed by atoms with Crippen LogP contribution < -0.4 is 0 Å². The third kappa shape index (κ3) is 5.17. The molecule has 0 N–H and O–H groups in total. The van der Waals surface area contributed by atoms with Crippen molar-refractivity contribution in [1.29, 1.82) is 0 Å². The van der Waals surface area contributed by atoms with E-state index in [-0.39, 0.29) is 0 Å². The van der Waals surface area contributed by atoms with Crippen LogP contribution in [-0.2, 0) is 6.42 Å². The number of hydrazine groups is 1. The van der Waals surface area contributed by atoms with Gasteiger partial charge in [0.15, 0.2) is 0 Å². The van der Waals surface area contributed by atoms with Gasteiger partial charge in [0.05, 0.1) is 0 Å². The number of aryl methyl sites for hydroxylation is 1. The van der Waals surface area contributed by atoms with Crippen molar-refractivity contribution in [3.05, 3.63) is 71.8 Å². The molecule has 2 aromatic rings. The molecule has 1 fully saturated rings. The average Bonchev–Trinajstić information content (AvgIpc) is 2.70. The van der Waals surface area contributed by atoms with Crippen LogP contribution >= 0.6 is 0 Å². The Balaban J connectivity index is 1.69. The molecule has 0 aliphatic carbocycles. The molecule has 2 heteroatoms. The normalized spacial score (nSPS) is 16.9. The van der Waals surface area contributed by atoms with Gasteiger partial charge < -0.3 is 0 Å². The quantitative estimate of drug-likeness (QED) is 0.630. The highest BCUT2D eigenvalue weighted by atomic mass is 15.6. The van der Waals surface area contributed by atoms with Gasteiger partial charge in [0.2, 0.25) is 0 Å². The lowest BCUT2D eigenvalue weighted by Crippen LogP contribution is -2.47. The van der Waals surface area contributed by atoms with Gasteiger partial charge >= 0.3 is 0 Å². The smallest absolute Gasteiger partial charge is 0.0492 e. The second kappa shape index (κ2) is 9.74. The van der Waals surface area contributed by atoms with Crippen molar-refractivity contribution < 1.29 is 0 Å². The minimum absolute atomic E-state index is 0.495. The zero-order valence-corrected chi connectivity index (χ0v) is 15.6. The Labute approximate surface area is 153 Å². The summed E-state index contributed by atoms with van der Waals surface area (Å²) in [6, 6.07) is 22.5. The highest BCUT2D eigenvalue weighted by Crippen LogP contribution is 2.28. The third-order valence-electron chi connectivity index (χ3n) is 5.32. The molecule has 0 amide bonds. The van der Waals surface area contributed by atoms with Crippen molar-refractivity contribution in [2.45, 2.75) is 51.5 Å². The van der Waals surface area contributed by atoms with Crippen molar-refractivity contribution in [1.82, 2.24) is 10.0 Å². The van der Waals surface area contributed by atoms with E-state index in [1.165, 1.54) is 49.9 Å². The lowest BCUT2D eigenvalue weighted by Gasteiger charge is -2.42. The van der Waals surface area contributed by atoms with Crippen LogP contribution in [0.5, 0.6) is 0 Å². The fourth-order valence-electron chi connectivity index (χ4n) is 4.01. The van der Waals surface area contributed by atoms with Crippen LogP contribution in [-0.4, -0.2) is 29.7 Å². The maximum atomic E-state index is 2.68. The van der Waals surface area contributed by atoms with E-state index in [2.05, 4.69) is 77.6 Å².